The Morgan fingerprint density at radius 3 is 3.00 bits per heavy atom. The Morgan fingerprint density at radius 1 is 1.60 bits per heavy atom. The fourth-order valence-corrected chi connectivity index (χ4v) is 1.49. The molecule has 2 aliphatic rings. The second-order valence-electron chi connectivity index (χ2n) is 3.14. The molecule has 1 aliphatic carbocycles. The monoisotopic (exact) mass is 135 g/mol. The van der Waals surface area contributed by atoms with Crippen molar-refractivity contribution in [2.75, 3.05) is 6.54 Å². The predicted molar refractivity (Wildman–Crippen MR) is 42.9 cm³/mol. The van der Waals surface area contributed by atoms with Crippen LogP contribution in [0.25, 0.3) is 0 Å². The molecule has 0 saturated carbocycles. The molecular weight excluding hydrogens is 122 g/mol. The molecule has 1 heterocycles. The highest BCUT2D eigenvalue weighted by Crippen LogP contribution is 2.24. The zero-order chi connectivity index (χ0) is 6.97. The van der Waals surface area contributed by atoms with Gasteiger partial charge in [-0.25, -0.2) is 0 Å². The first-order valence-corrected chi connectivity index (χ1v) is 3.97. The summed E-state index contributed by atoms with van der Waals surface area (Å²) in [6.45, 7) is 3.44. The van der Waals surface area contributed by atoms with E-state index in [2.05, 4.69) is 24.4 Å². The van der Waals surface area contributed by atoms with Crippen molar-refractivity contribution in [3.63, 3.8) is 0 Å². The van der Waals surface area contributed by atoms with Crippen LogP contribution in [0.5, 0.6) is 0 Å². The minimum Gasteiger partial charge on any atom is -0.307 e. The number of allylic oxidation sites excluding steroid dienone is 2. The molecule has 1 fully saturated rings. The van der Waals surface area contributed by atoms with Gasteiger partial charge in [0.25, 0.3) is 0 Å². The molecule has 0 bridgehead atoms. The van der Waals surface area contributed by atoms with Crippen LogP contribution >= 0.6 is 0 Å². The molecule has 1 aliphatic heterocycles. The highest BCUT2D eigenvalue weighted by atomic mass is 15.1. The van der Waals surface area contributed by atoms with Crippen LogP contribution in [-0.4, -0.2) is 12.6 Å². The number of nitrogens with one attached hydrogen (secondary N) is 1. The van der Waals surface area contributed by atoms with Crippen molar-refractivity contribution in [1.29, 1.82) is 0 Å². The van der Waals surface area contributed by atoms with Crippen molar-refractivity contribution in [2.24, 2.45) is 0 Å². The molecule has 54 valence electrons. The van der Waals surface area contributed by atoms with Crippen LogP contribution in [0.15, 0.2) is 23.3 Å². The highest BCUT2D eigenvalue weighted by molar-refractivity contribution is 5.36. The maximum absolute atomic E-state index is 3.33. The molecule has 1 heteroatoms. The van der Waals surface area contributed by atoms with Crippen molar-refractivity contribution in [3.05, 3.63) is 23.3 Å². The van der Waals surface area contributed by atoms with Gasteiger partial charge in [0.05, 0.1) is 0 Å². The Bertz CT molecular complexity index is 197. The van der Waals surface area contributed by atoms with Gasteiger partial charge in [0.2, 0.25) is 0 Å². The van der Waals surface area contributed by atoms with Gasteiger partial charge in [0.1, 0.15) is 0 Å². The minimum absolute atomic E-state index is 0.705. The zero-order valence-corrected chi connectivity index (χ0v) is 6.35. The van der Waals surface area contributed by atoms with Gasteiger partial charge in [0.15, 0.2) is 0 Å². The molecule has 0 aromatic rings. The molecule has 1 saturated heterocycles. The summed E-state index contributed by atoms with van der Waals surface area (Å²) in [5, 5.41) is 3.33. The Balaban J connectivity index is 2.21. The number of hydrogen-bond acceptors (Lipinski definition) is 1. The summed E-state index contributed by atoms with van der Waals surface area (Å²) in [7, 11) is 0. The zero-order valence-electron chi connectivity index (χ0n) is 6.35. The lowest BCUT2D eigenvalue weighted by atomic mass is 9.97. The van der Waals surface area contributed by atoms with Gasteiger partial charge >= 0.3 is 0 Å². The normalized spacial score (nSPS) is 31.1. The summed E-state index contributed by atoms with van der Waals surface area (Å²) in [6, 6.07) is 0.705. The minimum atomic E-state index is 0.705. The first-order chi connectivity index (χ1) is 4.88. The first kappa shape index (κ1) is 6.17. The summed E-state index contributed by atoms with van der Waals surface area (Å²) >= 11 is 0. The van der Waals surface area contributed by atoms with E-state index in [1.807, 2.05) is 0 Å². The number of rotatable bonds is 1. The van der Waals surface area contributed by atoms with Crippen LogP contribution in [0, 0.1) is 0 Å². The van der Waals surface area contributed by atoms with E-state index in [0.717, 1.165) is 0 Å². The van der Waals surface area contributed by atoms with Crippen LogP contribution in [0.1, 0.15) is 19.8 Å². The number of hydrogen-bond donors (Lipinski definition) is 1. The molecule has 0 radical (unpaired) electrons. The maximum Gasteiger partial charge on any atom is 0.0446 e. The third-order valence-electron chi connectivity index (χ3n) is 2.26. The van der Waals surface area contributed by atoms with Gasteiger partial charge in [-0.1, -0.05) is 17.7 Å². The van der Waals surface area contributed by atoms with Crippen molar-refractivity contribution in [3.8, 4) is 0 Å². The Hall–Kier alpha value is -0.560. The van der Waals surface area contributed by atoms with E-state index in [1.165, 1.54) is 19.4 Å². The fourth-order valence-electron chi connectivity index (χ4n) is 1.49. The van der Waals surface area contributed by atoms with Crippen molar-refractivity contribution in [2.45, 2.75) is 25.8 Å². The molecule has 0 amide bonds. The molecule has 0 aromatic heterocycles. The molecule has 10 heavy (non-hydrogen) atoms. The van der Waals surface area contributed by atoms with Crippen LogP contribution in [-0.2, 0) is 0 Å². The standard InChI is InChI=1S/C9H13N/c1-7-4-2-3-5-8(7)9-6-10-9/h3,5,9-10H,2,4,6H2,1H3. The van der Waals surface area contributed by atoms with E-state index >= 15 is 0 Å². The van der Waals surface area contributed by atoms with Crippen molar-refractivity contribution in [1.82, 2.24) is 5.32 Å². The van der Waals surface area contributed by atoms with Crippen molar-refractivity contribution >= 4 is 0 Å². The largest absolute Gasteiger partial charge is 0.307 e. The molecule has 0 aromatic carbocycles. The molecule has 1 unspecified atom stereocenters. The Kier molecular flexibility index (Phi) is 1.38. The molecule has 0 spiro atoms. The van der Waals surface area contributed by atoms with E-state index < -0.39 is 0 Å². The molecule has 2 rings (SSSR count). The first-order valence-electron chi connectivity index (χ1n) is 3.97. The lowest BCUT2D eigenvalue weighted by molar-refractivity contribution is 0.915. The van der Waals surface area contributed by atoms with Gasteiger partial charge < -0.3 is 5.32 Å². The smallest absolute Gasteiger partial charge is 0.0446 e. The lowest BCUT2D eigenvalue weighted by Crippen LogP contribution is -2.00. The molecule has 1 N–H and O–H groups in total. The molecular formula is C9H13N. The second-order valence-corrected chi connectivity index (χ2v) is 3.14. The average molecular weight is 135 g/mol. The van der Waals surface area contributed by atoms with E-state index in [9.17, 15) is 0 Å². The van der Waals surface area contributed by atoms with Crippen LogP contribution in [0.3, 0.4) is 0 Å². The third-order valence-corrected chi connectivity index (χ3v) is 2.26. The maximum atomic E-state index is 3.33. The summed E-state index contributed by atoms with van der Waals surface area (Å²) in [5.41, 5.74) is 3.13. The molecule has 1 atom stereocenters. The van der Waals surface area contributed by atoms with Gasteiger partial charge in [-0.05, 0) is 25.3 Å². The SMILES string of the molecule is CC1=C(C2CN2)C=CCC1. The summed E-state index contributed by atoms with van der Waals surface area (Å²) in [6.07, 6.45) is 7.07. The van der Waals surface area contributed by atoms with E-state index in [1.54, 1.807) is 11.1 Å². The van der Waals surface area contributed by atoms with Crippen molar-refractivity contribution < 1.29 is 0 Å². The quantitative estimate of drug-likeness (QED) is 0.542. The van der Waals surface area contributed by atoms with E-state index in [0.29, 0.717) is 6.04 Å². The Morgan fingerprint density at radius 2 is 2.40 bits per heavy atom. The lowest BCUT2D eigenvalue weighted by Gasteiger charge is -2.09. The topological polar surface area (TPSA) is 21.9 Å². The van der Waals surface area contributed by atoms with Gasteiger partial charge in [0, 0.05) is 12.6 Å². The molecule has 1 nitrogen and oxygen atoms in total. The van der Waals surface area contributed by atoms with Crippen LogP contribution in [0.2, 0.25) is 0 Å². The van der Waals surface area contributed by atoms with Gasteiger partial charge in [-0.15, -0.1) is 0 Å². The van der Waals surface area contributed by atoms with E-state index in [-0.39, 0.29) is 0 Å². The summed E-state index contributed by atoms with van der Waals surface area (Å²) in [4.78, 5) is 0. The van der Waals surface area contributed by atoms with Crippen LogP contribution in [0.4, 0.5) is 0 Å². The fraction of sp³-hybridized carbons (Fsp3) is 0.556. The highest BCUT2D eigenvalue weighted by Gasteiger charge is 2.25. The predicted octanol–water partition coefficient (Wildman–Crippen LogP) is 1.62. The second kappa shape index (κ2) is 2.24. The average Bonchev–Trinajstić information content (AvgIpc) is 2.71. The summed E-state index contributed by atoms with van der Waals surface area (Å²) < 4.78 is 0. The van der Waals surface area contributed by atoms with E-state index in [4.69, 9.17) is 0 Å². The van der Waals surface area contributed by atoms with Gasteiger partial charge in [-0.3, -0.25) is 0 Å². The summed E-state index contributed by atoms with van der Waals surface area (Å²) in [5.74, 6) is 0. The van der Waals surface area contributed by atoms with Crippen LogP contribution < -0.4 is 5.32 Å². The Labute approximate surface area is 61.8 Å². The third kappa shape index (κ3) is 1.01. The van der Waals surface area contributed by atoms with Gasteiger partial charge in [-0.2, -0.15) is 0 Å².